The fourth-order valence-corrected chi connectivity index (χ4v) is 3.23. The van der Waals surface area contributed by atoms with E-state index in [0.717, 1.165) is 39.5 Å². The molecule has 3 rings (SSSR count). The highest BCUT2D eigenvalue weighted by Gasteiger charge is 2.28. The monoisotopic (exact) mass is 328 g/mol. The van der Waals surface area contributed by atoms with Crippen LogP contribution in [-0.2, 0) is 6.42 Å². The number of hydrogen-bond donors (Lipinski definition) is 2. The zero-order valence-corrected chi connectivity index (χ0v) is 13.5. The summed E-state index contributed by atoms with van der Waals surface area (Å²) in [5.41, 5.74) is 15.6. The van der Waals surface area contributed by atoms with Crippen LogP contribution >= 0.6 is 11.6 Å². The van der Waals surface area contributed by atoms with Crippen LogP contribution in [0.5, 0.6) is 0 Å². The van der Waals surface area contributed by atoms with Crippen LogP contribution in [0, 0.1) is 6.92 Å². The molecule has 2 aromatic rings. The summed E-state index contributed by atoms with van der Waals surface area (Å²) < 4.78 is 0. The lowest BCUT2D eigenvalue weighted by Crippen LogP contribution is -2.24. The van der Waals surface area contributed by atoms with Gasteiger partial charge in [-0.25, -0.2) is 0 Å². The summed E-state index contributed by atoms with van der Waals surface area (Å²) >= 11 is 6.35. The van der Waals surface area contributed by atoms with Gasteiger partial charge in [-0.15, -0.1) is 5.10 Å². The minimum Gasteiger partial charge on any atom is -0.369 e. The highest BCUT2D eigenvalue weighted by atomic mass is 35.5. The van der Waals surface area contributed by atoms with Crippen molar-refractivity contribution < 1.29 is 0 Å². The van der Waals surface area contributed by atoms with Crippen molar-refractivity contribution in [3.05, 3.63) is 57.9 Å². The molecule has 0 fully saturated rings. The second-order valence-corrected chi connectivity index (χ2v) is 5.95. The molecule has 0 spiro atoms. The quantitative estimate of drug-likeness (QED) is 0.501. The zero-order chi connectivity index (χ0) is 16.4. The SMILES string of the molecule is Cc1cnnc2c1C(=NN=C(N)N)CC(c1ccccc1Cl)C2. The average molecular weight is 329 g/mol. The van der Waals surface area contributed by atoms with Gasteiger partial charge in [-0.2, -0.15) is 15.3 Å². The molecule has 7 heteroatoms. The van der Waals surface area contributed by atoms with Gasteiger partial charge < -0.3 is 11.5 Å². The van der Waals surface area contributed by atoms with E-state index in [9.17, 15) is 0 Å². The molecule has 0 aliphatic heterocycles. The van der Waals surface area contributed by atoms with Crippen LogP contribution < -0.4 is 11.5 Å². The van der Waals surface area contributed by atoms with Crippen molar-refractivity contribution in [3.8, 4) is 0 Å². The van der Waals surface area contributed by atoms with Gasteiger partial charge in [0.15, 0.2) is 0 Å². The lowest BCUT2D eigenvalue weighted by atomic mass is 9.80. The van der Waals surface area contributed by atoms with Gasteiger partial charge in [0.05, 0.1) is 17.6 Å². The van der Waals surface area contributed by atoms with Crippen molar-refractivity contribution in [2.24, 2.45) is 21.7 Å². The molecule has 0 amide bonds. The Morgan fingerprint density at radius 1 is 1.26 bits per heavy atom. The summed E-state index contributed by atoms with van der Waals surface area (Å²) in [6, 6.07) is 7.81. The molecule has 118 valence electrons. The van der Waals surface area contributed by atoms with E-state index in [-0.39, 0.29) is 11.9 Å². The third kappa shape index (κ3) is 3.17. The van der Waals surface area contributed by atoms with Crippen molar-refractivity contribution in [1.29, 1.82) is 0 Å². The van der Waals surface area contributed by atoms with Crippen LogP contribution in [-0.4, -0.2) is 21.9 Å². The molecular formula is C16H17ClN6. The Kier molecular flexibility index (Phi) is 4.25. The van der Waals surface area contributed by atoms with E-state index in [1.807, 2.05) is 31.2 Å². The summed E-state index contributed by atoms with van der Waals surface area (Å²) in [7, 11) is 0. The van der Waals surface area contributed by atoms with E-state index in [2.05, 4.69) is 20.4 Å². The summed E-state index contributed by atoms with van der Waals surface area (Å²) in [6.45, 7) is 1.98. The van der Waals surface area contributed by atoms with E-state index in [1.165, 1.54) is 0 Å². The van der Waals surface area contributed by atoms with Crippen LogP contribution in [0.25, 0.3) is 0 Å². The van der Waals surface area contributed by atoms with Gasteiger partial charge in [0, 0.05) is 10.6 Å². The molecule has 1 atom stereocenters. The average Bonchev–Trinajstić information content (AvgIpc) is 2.53. The maximum absolute atomic E-state index is 6.35. The summed E-state index contributed by atoms with van der Waals surface area (Å²) in [4.78, 5) is 0. The maximum atomic E-state index is 6.35. The first-order valence-electron chi connectivity index (χ1n) is 7.27. The Bertz CT molecular complexity index is 795. The van der Waals surface area contributed by atoms with E-state index < -0.39 is 0 Å². The number of guanidine groups is 1. The molecule has 0 radical (unpaired) electrons. The molecule has 4 N–H and O–H groups in total. The molecule has 1 unspecified atom stereocenters. The first-order valence-corrected chi connectivity index (χ1v) is 7.65. The standard InChI is InChI=1S/C16H17ClN6/c1-9-8-20-21-13-6-10(11-4-2-3-5-12(11)17)7-14(15(9)13)22-23-16(18)19/h2-5,8,10H,6-7H2,1H3,(H4,18,19,23). The summed E-state index contributed by atoms with van der Waals surface area (Å²) in [5.74, 6) is 0.0961. The van der Waals surface area contributed by atoms with Gasteiger partial charge in [0.1, 0.15) is 0 Å². The van der Waals surface area contributed by atoms with Crippen LogP contribution in [0.15, 0.2) is 40.7 Å². The van der Waals surface area contributed by atoms with E-state index >= 15 is 0 Å². The Morgan fingerprint density at radius 3 is 2.78 bits per heavy atom. The van der Waals surface area contributed by atoms with Crippen LogP contribution in [0.1, 0.15) is 34.7 Å². The lowest BCUT2D eigenvalue weighted by molar-refractivity contribution is 0.665. The van der Waals surface area contributed by atoms with Gasteiger partial charge in [0.25, 0.3) is 0 Å². The topological polar surface area (TPSA) is 103 Å². The largest absolute Gasteiger partial charge is 0.369 e. The molecule has 6 nitrogen and oxygen atoms in total. The van der Waals surface area contributed by atoms with Crippen LogP contribution in [0.4, 0.5) is 0 Å². The normalized spacial score (nSPS) is 18.5. The highest BCUT2D eigenvalue weighted by molar-refractivity contribution is 6.31. The molecule has 1 aliphatic carbocycles. The smallest absolute Gasteiger partial charge is 0.211 e. The second-order valence-electron chi connectivity index (χ2n) is 5.55. The number of hydrogen-bond acceptors (Lipinski definition) is 4. The molecule has 0 saturated carbocycles. The fourth-order valence-electron chi connectivity index (χ4n) is 2.94. The molecule has 23 heavy (non-hydrogen) atoms. The molecule has 0 bridgehead atoms. The molecule has 1 aromatic carbocycles. The number of aromatic nitrogens is 2. The molecule has 1 aromatic heterocycles. The van der Waals surface area contributed by atoms with Gasteiger partial charge >= 0.3 is 0 Å². The Balaban J connectivity index is 2.08. The lowest BCUT2D eigenvalue weighted by Gasteiger charge is -2.26. The number of fused-ring (bicyclic) bond motifs is 1. The molecule has 1 heterocycles. The van der Waals surface area contributed by atoms with Crippen molar-refractivity contribution in [2.45, 2.75) is 25.7 Å². The first-order chi connectivity index (χ1) is 11.1. The van der Waals surface area contributed by atoms with E-state index in [4.69, 9.17) is 23.1 Å². The zero-order valence-electron chi connectivity index (χ0n) is 12.7. The van der Waals surface area contributed by atoms with E-state index in [1.54, 1.807) is 6.20 Å². The number of benzene rings is 1. The third-order valence-electron chi connectivity index (χ3n) is 3.91. The number of nitrogens with two attached hydrogens (primary N) is 2. The first kappa shape index (κ1) is 15.4. The Hall–Kier alpha value is -2.47. The summed E-state index contributed by atoms with van der Waals surface area (Å²) in [6.07, 6.45) is 3.17. The maximum Gasteiger partial charge on any atom is 0.211 e. The fraction of sp³-hybridized carbons (Fsp3) is 0.250. The third-order valence-corrected chi connectivity index (χ3v) is 4.26. The molecule has 1 aliphatic rings. The summed E-state index contributed by atoms with van der Waals surface area (Å²) in [5, 5.41) is 17.1. The molecular weight excluding hydrogens is 312 g/mol. The van der Waals surface area contributed by atoms with Gasteiger partial charge in [-0.1, -0.05) is 29.8 Å². The van der Waals surface area contributed by atoms with Crippen molar-refractivity contribution in [2.75, 3.05) is 0 Å². The van der Waals surface area contributed by atoms with Gasteiger partial charge in [-0.3, -0.25) is 0 Å². The minimum atomic E-state index is -0.0708. The predicted molar refractivity (Wildman–Crippen MR) is 91.6 cm³/mol. The Labute approximate surface area is 139 Å². The number of rotatable bonds is 2. The van der Waals surface area contributed by atoms with Crippen LogP contribution in [0.3, 0.4) is 0 Å². The second kappa shape index (κ2) is 6.34. The van der Waals surface area contributed by atoms with Crippen molar-refractivity contribution >= 4 is 23.3 Å². The predicted octanol–water partition coefficient (Wildman–Crippen LogP) is 2.15. The number of nitrogens with zero attached hydrogens (tertiary/aromatic N) is 4. The van der Waals surface area contributed by atoms with Crippen molar-refractivity contribution in [3.63, 3.8) is 0 Å². The van der Waals surface area contributed by atoms with Gasteiger partial charge in [-0.05, 0) is 42.9 Å². The number of aryl methyl sites for hydroxylation is 1. The van der Waals surface area contributed by atoms with Gasteiger partial charge in [0.2, 0.25) is 5.96 Å². The van der Waals surface area contributed by atoms with Crippen LogP contribution in [0.2, 0.25) is 5.02 Å². The Morgan fingerprint density at radius 2 is 2.04 bits per heavy atom. The van der Waals surface area contributed by atoms with Crippen molar-refractivity contribution in [1.82, 2.24) is 10.2 Å². The number of halogens is 1. The highest BCUT2D eigenvalue weighted by Crippen LogP contribution is 2.36. The minimum absolute atomic E-state index is 0.0708. The molecule has 0 saturated heterocycles. The van der Waals surface area contributed by atoms with E-state index in [0.29, 0.717) is 6.42 Å².